The van der Waals surface area contributed by atoms with Crippen LogP contribution in [0.2, 0.25) is 5.02 Å². The third-order valence-electron chi connectivity index (χ3n) is 6.33. The lowest BCUT2D eigenvalue weighted by atomic mass is 9.77. The maximum absolute atomic E-state index is 12.6. The molecule has 1 saturated carbocycles. The molecule has 0 radical (unpaired) electrons. The molecule has 1 atom stereocenters. The molecule has 1 aromatic heterocycles. The van der Waals surface area contributed by atoms with Gasteiger partial charge in [0, 0.05) is 35.0 Å². The third kappa shape index (κ3) is 2.89. The summed E-state index contributed by atoms with van der Waals surface area (Å²) in [5.74, 6) is 1.42. The van der Waals surface area contributed by atoms with Gasteiger partial charge in [-0.15, -0.1) is 0 Å². The van der Waals surface area contributed by atoms with Crippen molar-refractivity contribution in [3.05, 3.63) is 62.3 Å². The quantitative estimate of drug-likeness (QED) is 0.895. The molecule has 1 saturated heterocycles. The van der Waals surface area contributed by atoms with Crippen LogP contribution in [-0.4, -0.2) is 28.0 Å². The Morgan fingerprint density at radius 1 is 1.23 bits per heavy atom. The van der Waals surface area contributed by atoms with Gasteiger partial charge in [0.05, 0.1) is 5.69 Å². The van der Waals surface area contributed by atoms with E-state index >= 15 is 0 Å². The first-order valence-corrected chi connectivity index (χ1v) is 10.1. The highest BCUT2D eigenvalue weighted by Crippen LogP contribution is 2.45. The topological polar surface area (TPSA) is 49.0 Å². The van der Waals surface area contributed by atoms with Crippen LogP contribution in [0.1, 0.15) is 60.7 Å². The lowest BCUT2D eigenvalue weighted by Gasteiger charge is -2.40. The Bertz CT molecular complexity index is 887. The van der Waals surface area contributed by atoms with Crippen LogP contribution in [0.5, 0.6) is 0 Å². The molecule has 3 aliphatic rings. The van der Waals surface area contributed by atoms with Gasteiger partial charge in [0.1, 0.15) is 5.82 Å². The molecule has 26 heavy (non-hydrogen) atoms. The smallest absolute Gasteiger partial charge is 0.254 e. The number of fused-ring (bicyclic) bond motifs is 2. The monoisotopic (exact) mass is 369 g/mol. The predicted octanol–water partition coefficient (Wildman–Crippen LogP) is 3.78. The summed E-state index contributed by atoms with van der Waals surface area (Å²) in [4.78, 5) is 23.2. The van der Waals surface area contributed by atoms with E-state index in [1.165, 1.54) is 12.0 Å². The number of nitrogens with one attached hydrogen (secondary N) is 1. The Morgan fingerprint density at radius 2 is 2.04 bits per heavy atom. The van der Waals surface area contributed by atoms with Gasteiger partial charge in [-0.2, -0.15) is 0 Å². The molecule has 0 bridgehead atoms. The average Bonchev–Trinajstić information content (AvgIpc) is 3.43. The van der Waals surface area contributed by atoms with Crippen LogP contribution in [0, 0.1) is 0 Å². The van der Waals surface area contributed by atoms with Crippen LogP contribution >= 0.6 is 11.6 Å². The lowest BCUT2D eigenvalue weighted by molar-refractivity contribution is 0.136. The van der Waals surface area contributed by atoms with Crippen LogP contribution in [0.25, 0.3) is 0 Å². The Labute approximate surface area is 158 Å². The highest BCUT2D eigenvalue weighted by Gasteiger charge is 2.45. The number of benzene rings is 1. The molecule has 5 rings (SSSR count). The van der Waals surface area contributed by atoms with Crippen LogP contribution in [0.3, 0.4) is 0 Å². The van der Waals surface area contributed by atoms with Crippen molar-refractivity contribution in [3.63, 3.8) is 0 Å². The summed E-state index contributed by atoms with van der Waals surface area (Å²) in [7, 11) is 0. The molecule has 2 aliphatic carbocycles. The SMILES string of the molecule is O=c1[nH]c(C2CC2)nc2c1CCC21CCCN(Cc2ccc(Cl)cc2)C1. The predicted molar refractivity (Wildman–Crippen MR) is 103 cm³/mol. The van der Waals surface area contributed by atoms with E-state index < -0.39 is 0 Å². The molecule has 136 valence electrons. The molecule has 5 heteroatoms. The van der Waals surface area contributed by atoms with Crippen molar-refractivity contribution in [3.8, 4) is 0 Å². The second-order valence-corrected chi connectivity index (χ2v) is 8.71. The molecule has 0 amide bonds. The van der Waals surface area contributed by atoms with Gasteiger partial charge in [-0.05, 0) is 62.8 Å². The summed E-state index contributed by atoms with van der Waals surface area (Å²) in [6.07, 6.45) is 6.58. The maximum Gasteiger partial charge on any atom is 0.254 e. The Morgan fingerprint density at radius 3 is 2.81 bits per heavy atom. The van der Waals surface area contributed by atoms with E-state index in [4.69, 9.17) is 16.6 Å². The van der Waals surface area contributed by atoms with Crippen molar-refractivity contribution in [2.75, 3.05) is 13.1 Å². The molecular weight excluding hydrogens is 346 g/mol. The zero-order valence-electron chi connectivity index (χ0n) is 14.9. The van der Waals surface area contributed by atoms with Crippen LogP contribution < -0.4 is 5.56 Å². The lowest BCUT2D eigenvalue weighted by Crippen LogP contribution is -2.45. The van der Waals surface area contributed by atoms with Crippen molar-refractivity contribution in [2.24, 2.45) is 0 Å². The van der Waals surface area contributed by atoms with Gasteiger partial charge >= 0.3 is 0 Å². The number of aromatic nitrogens is 2. The zero-order valence-corrected chi connectivity index (χ0v) is 15.7. The number of nitrogens with zero attached hydrogens (tertiary/aromatic N) is 2. The van der Waals surface area contributed by atoms with Gasteiger partial charge in [-0.1, -0.05) is 23.7 Å². The fraction of sp³-hybridized carbons (Fsp3) is 0.524. The average molecular weight is 370 g/mol. The maximum atomic E-state index is 12.6. The minimum absolute atomic E-state index is 0.0674. The summed E-state index contributed by atoms with van der Waals surface area (Å²) < 4.78 is 0. The number of halogens is 1. The number of hydrogen-bond acceptors (Lipinski definition) is 3. The number of aromatic amines is 1. The van der Waals surface area contributed by atoms with E-state index in [0.29, 0.717) is 5.92 Å². The Kier molecular flexibility index (Phi) is 3.94. The summed E-state index contributed by atoms with van der Waals surface area (Å²) in [5.41, 5.74) is 3.54. The number of H-pyrrole nitrogens is 1. The van der Waals surface area contributed by atoms with Gasteiger partial charge in [0.2, 0.25) is 0 Å². The third-order valence-corrected chi connectivity index (χ3v) is 6.58. The number of piperidine rings is 1. The van der Waals surface area contributed by atoms with Crippen molar-refractivity contribution in [1.82, 2.24) is 14.9 Å². The summed E-state index contributed by atoms with van der Waals surface area (Å²) in [5, 5.41) is 0.782. The molecule has 1 aromatic carbocycles. The molecule has 4 nitrogen and oxygen atoms in total. The van der Waals surface area contributed by atoms with Gasteiger partial charge in [-0.3, -0.25) is 9.69 Å². The van der Waals surface area contributed by atoms with E-state index in [2.05, 4.69) is 22.0 Å². The summed E-state index contributed by atoms with van der Waals surface area (Å²) >= 11 is 6.01. The van der Waals surface area contributed by atoms with Gasteiger partial charge in [0.15, 0.2) is 0 Å². The minimum atomic E-state index is 0.0674. The molecule has 2 fully saturated rings. The van der Waals surface area contributed by atoms with Crippen molar-refractivity contribution in [1.29, 1.82) is 0 Å². The molecular formula is C21H24ClN3O. The van der Waals surface area contributed by atoms with Gasteiger partial charge < -0.3 is 4.98 Å². The standard InChI is InChI=1S/C21H24ClN3O/c22-16-6-2-14(3-7-16)12-25-11-1-9-21(13-25)10-8-17-18(21)23-19(15-4-5-15)24-20(17)26/h2-3,6-7,15H,1,4-5,8-13H2,(H,23,24,26). The second kappa shape index (κ2) is 6.21. The first-order valence-electron chi connectivity index (χ1n) is 9.73. The highest BCUT2D eigenvalue weighted by molar-refractivity contribution is 6.30. The normalized spacial score (nSPS) is 25.6. The molecule has 1 N–H and O–H groups in total. The van der Waals surface area contributed by atoms with Crippen molar-refractivity contribution in [2.45, 2.75) is 56.4 Å². The number of rotatable bonds is 3. The largest absolute Gasteiger partial charge is 0.310 e. The van der Waals surface area contributed by atoms with Crippen molar-refractivity contribution >= 4 is 11.6 Å². The van der Waals surface area contributed by atoms with Crippen LogP contribution in [-0.2, 0) is 18.4 Å². The second-order valence-electron chi connectivity index (χ2n) is 8.27. The van der Waals surface area contributed by atoms with Gasteiger partial charge in [-0.25, -0.2) is 4.98 Å². The highest BCUT2D eigenvalue weighted by atomic mass is 35.5. The Hall–Kier alpha value is -1.65. The summed E-state index contributed by atoms with van der Waals surface area (Å²) in [6.45, 7) is 3.05. The molecule has 2 heterocycles. The van der Waals surface area contributed by atoms with E-state index in [1.807, 2.05) is 12.1 Å². The zero-order chi connectivity index (χ0) is 17.7. The summed E-state index contributed by atoms with van der Waals surface area (Å²) in [6, 6.07) is 8.15. The first kappa shape index (κ1) is 16.5. The van der Waals surface area contributed by atoms with E-state index in [1.54, 1.807) is 0 Å². The first-order chi connectivity index (χ1) is 12.6. The van der Waals surface area contributed by atoms with Crippen LogP contribution in [0.4, 0.5) is 0 Å². The fourth-order valence-electron chi connectivity index (χ4n) is 4.83. The van der Waals surface area contributed by atoms with Crippen LogP contribution in [0.15, 0.2) is 29.1 Å². The molecule has 1 aliphatic heterocycles. The van der Waals surface area contributed by atoms with E-state index in [-0.39, 0.29) is 11.0 Å². The fourth-order valence-corrected chi connectivity index (χ4v) is 4.95. The molecule has 1 spiro atoms. The van der Waals surface area contributed by atoms with Crippen molar-refractivity contribution < 1.29 is 0 Å². The number of likely N-dealkylation sites (tertiary alicyclic amines) is 1. The molecule has 1 unspecified atom stereocenters. The molecule has 2 aromatic rings. The van der Waals surface area contributed by atoms with E-state index in [0.717, 1.165) is 73.8 Å². The van der Waals surface area contributed by atoms with E-state index in [9.17, 15) is 4.79 Å². The number of hydrogen-bond donors (Lipinski definition) is 1. The minimum Gasteiger partial charge on any atom is -0.310 e. The van der Waals surface area contributed by atoms with Gasteiger partial charge in [0.25, 0.3) is 5.56 Å². The Balaban J connectivity index is 1.43.